The Bertz CT molecular complexity index is 845. The molecule has 2 aliphatic carbocycles. The Kier molecular flexibility index (Phi) is 4.23. The van der Waals surface area contributed by atoms with Crippen LogP contribution < -0.4 is 10.2 Å². The second-order valence-corrected chi connectivity index (χ2v) is 7.16. The molecule has 5 heteroatoms. The van der Waals surface area contributed by atoms with Gasteiger partial charge >= 0.3 is 0 Å². The summed E-state index contributed by atoms with van der Waals surface area (Å²) in [5.41, 5.74) is 2.18. The first-order chi connectivity index (χ1) is 12.5. The van der Waals surface area contributed by atoms with Crippen LogP contribution >= 0.6 is 0 Å². The predicted octanol–water partition coefficient (Wildman–Crippen LogP) is 3.48. The molecule has 2 aromatic rings. The highest BCUT2D eigenvalue weighted by Crippen LogP contribution is 2.41. The molecule has 0 spiro atoms. The molecule has 2 aromatic carbocycles. The highest BCUT2D eigenvalue weighted by Gasteiger charge is 2.40. The molecule has 134 valence electrons. The van der Waals surface area contributed by atoms with E-state index in [-0.39, 0.29) is 35.5 Å². The van der Waals surface area contributed by atoms with Crippen molar-refractivity contribution in [2.24, 2.45) is 5.92 Å². The van der Waals surface area contributed by atoms with E-state index in [1.165, 1.54) is 12.1 Å². The molecule has 0 aliphatic heterocycles. The Balaban J connectivity index is 1.46. The van der Waals surface area contributed by atoms with E-state index in [0.717, 1.165) is 24.8 Å². The lowest BCUT2D eigenvalue weighted by Gasteiger charge is -2.20. The van der Waals surface area contributed by atoms with Crippen LogP contribution in [0.25, 0.3) is 0 Å². The van der Waals surface area contributed by atoms with E-state index in [0.29, 0.717) is 11.3 Å². The third kappa shape index (κ3) is 3.34. The molecule has 2 saturated carbocycles. The van der Waals surface area contributed by atoms with Crippen LogP contribution in [0.15, 0.2) is 48.5 Å². The molecular formula is C21H21FN2O2. The van der Waals surface area contributed by atoms with Gasteiger partial charge in [0.05, 0.1) is 11.3 Å². The molecule has 4 nitrogen and oxygen atoms in total. The summed E-state index contributed by atoms with van der Waals surface area (Å²) in [4.78, 5) is 26.7. The molecule has 0 unspecified atom stereocenters. The van der Waals surface area contributed by atoms with Crippen molar-refractivity contribution in [2.75, 3.05) is 11.9 Å². The number of carbonyl (C=O) groups excluding carboxylic acids is 2. The van der Waals surface area contributed by atoms with Gasteiger partial charge in [-0.25, -0.2) is 4.39 Å². The minimum Gasteiger partial charge on any atom is -0.349 e. The molecule has 2 amide bonds. The number of hydrogen-bond donors (Lipinski definition) is 1. The first-order valence-corrected chi connectivity index (χ1v) is 8.97. The van der Waals surface area contributed by atoms with Gasteiger partial charge in [0, 0.05) is 24.9 Å². The van der Waals surface area contributed by atoms with Gasteiger partial charge in [0.1, 0.15) is 5.82 Å². The molecule has 2 atom stereocenters. The number of benzene rings is 2. The van der Waals surface area contributed by atoms with Crippen LogP contribution in [0.5, 0.6) is 0 Å². The van der Waals surface area contributed by atoms with E-state index in [9.17, 15) is 14.0 Å². The molecule has 0 aromatic heterocycles. The van der Waals surface area contributed by atoms with E-state index < -0.39 is 0 Å². The van der Waals surface area contributed by atoms with Gasteiger partial charge in [-0.3, -0.25) is 9.59 Å². The maximum Gasteiger partial charge on any atom is 0.253 e. The highest BCUT2D eigenvalue weighted by atomic mass is 19.1. The van der Waals surface area contributed by atoms with E-state index in [4.69, 9.17) is 0 Å². The largest absolute Gasteiger partial charge is 0.349 e. The number of halogens is 1. The number of carbonyl (C=O) groups is 2. The molecular weight excluding hydrogens is 331 g/mol. The fourth-order valence-corrected chi connectivity index (χ4v) is 3.36. The Morgan fingerprint density at radius 2 is 1.77 bits per heavy atom. The summed E-state index contributed by atoms with van der Waals surface area (Å²) >= 11 is 0. The molecule has 2 aliphatic rings. The number of rotatable bonds is 5. The van der Waals surface area contributed by atoms with Gasteiger partial charge in [0.15, 0.2) is 0 Å². The second kappa shape index (κ2) is 6.56. The smallest absolute Gasteiger partial charge is 0.253 e. The molecule has 2 fully saturated rings. The standard InChI is InChI=1S/C21H21FN2O2/c1-24(21(26)14-6-7-14)19-5-3-2-4-16(19)20(25)23-18-12-17(18)13-8-10-15(22)11-9-13/h2-5,8-11,14,17-18H,6-7,12H2,1H3,(H,23,25)/t17-,18-/m1/s1. The quantitative estimate of drug-likeness (QED) is 0.896. The number of anilines is 1. The van der Waals surface area contributed by atoms with Gasteiger partial charge < -0.3 is 10.2 Å². The molecule has 0 heterocycles. The summed E-state index contributed by atoms with van der Waals surface area (Å²) in [6, 6.07) is 13.7. The van der Waals surface area contributed by atoms with Crippen LogP contribution in [0.3, 0.4) is 0 Å². The summed E-state index contributed by atoms with van der Waals surface area (Å²) in [6.07, 6.45) is 2.70. The van der Waals surface area contributed by atoms with E-state index in [2.05, 4.69) is 5.32 Å². The monoisotopic (exact) mass is 352 g/mol. The van der Waals surface area contributed by atoms with E-state index >= 15 is 0 Å². The fraction of sp³-hybridized carbons (Fsp3) is 0.333. The minimum absolute atomic E-state index is 0.0467. The average Bonchev–Trinajstić information content (AvgIpc) is 3.56. The van der Waals surface area contributed by atoms with Gasteiger partial charge in [-0.2, -0.15) is 0 Å². The normalized spacial score (nSPS) is 21.2. The number of hydrogen-bond acceptors (Lipinski definition) is 2. The summed E-state index contributed by atoms with van der Waals surface area (Å²) in [7, 11) is 1.73. The van der Waals surface area contributed by atoms with Gasteiger partial charge in [-0.05, 0) is 49.1 Å². The van der Waals surface area contributed by atoms with Crippen LogP contribution in [0.1, 0.15) is 41.1 Å². The maximum atomic E-state index is 13.0. The van der Waals surface area contributed by atoms with Crippen LogP contribution in [0.4, 0.5) is 10.1 Å². The van der Waals surface area contributed by atoms with Crippen molar-refractivity contribution in [1.29, 1.82) is 0 Å². The van der Waals surface area contributed by atoms with Crippen LogP contribution in [0, 0.1) is 11.7 Å². The lowest BCUT2D eigenvalue weighted by atomic mass is 10.1. The molecule has 1 N–H and O–H groups in total. The first kappa shape index (κ1) is 16.8. The van der Waals surface area contributed by atoms with Crippen molar-refractivity contribution < 1.29 is 14.0 Å². The maximum absolute atomic E-state index is 13.0. The zero-order valence-electron chi connectivity index (χ0n) is 14.6. The average molecular weight is 352 g/mol. The van der Waals surface area contributed by atoms with Crippen molar-refractivity contribution in [2.45, 2.75) is 31.2 Å². The SMILES string of the molecule is CN(C(=O)C1CC1)c1ccccc1C(=O)N[C@@H]1C[C@@H]1c1ccc(F)cc1. The molecule has 0 bridgehead atoms. The third-order valence-corrected chi connectivity index (χ3v) is 5.17. The molecule has 26 heavy (non-hydrogen) atoms. The van der Waals surface area contributed by atoms with Gasteiger partial charge in [0.25, 0.3) is 5.91 Å². The number of amides is 2. The van der Waals surface area contributed by atoms with Crippen molar-refractivity contribution in [1.82, 2.24) is 5.32 Å². The number of para-hydroxylation sites is 1. The topological polar surface area (TPSA) is 49.4 Å². The van der Waals surface area contributed by atoms with Crippen LogP contribution in [-0.4, -0.2) is 24.9 Å². The first-order valence-electron chi connectivity index (χ1n) is 8.97. The zero-order chi connectivity index (χ0) is 18.3. The number of nitrogens with one attached hydrogen (secondary N) is 1. The zero-order valence-corrected chi connectivity index (χ0v) is 14.6. The van der Waals surface area contributed by atoms with Crippen molar-refractivity contribution in [3.8, 4) is 0 Å². The Morgan fingerprint density at radius 3 is 2.46 bits per heavy atom. The second-order valence-electron chi connectivity index (χ2n) is 7.16. The summed E-state index contributed by atoms with van der Waals surface area (Å²) in [6.45, 7) is 0. The summed E-state index contributed by atoms with van der Waals surface area (Å²) < 4.78 is 13.0. The van der Waals surface area contributed by atoms with Crippen LogP contribution in [-0.2, 0) is 4.79 Å². The van der Waals surface area contributed by atoms with Gasteiger partial charge in [-0.15, -0.1) is 0 Å². The minimum atomic E-state index is -0.257. The molecule has 4 rings (SSSR count). The Hall–Kier alpha value is -2.69. The van der Waals surface area contributed by atoms with E-state index in [1.807, 2.05) is 6.07 Å². The summed E-state index contributed by atoms with van der Waals surface area (Å²) in [5, 5.41) is 3.04. The highest BCUT2D eigenvalue weighted by molar-refractivity contribution is 6.05. The van der Waals surface area contributed by atoms with Crippen molar-refractivity contribution in [3.63, 3.8) is 0 Å². The Labute approximate surface area is 152 Å². The number of nitrogens with zero attached hydrogens (tertiary/aromatic N) is 1. The lowest BCUT2D eigenvalue weighted by molar-refractivity contribution is -0.119. The molecule has 0 radical (unpaired) electrons. The van der Waals surface area contributed by atoms with Gasteiger partial charge in [0.2, 0.25) is 5.91 Å². The fourth-order valence-electron chi connectivity index (χ4n) is 3.36. The Morgan fingerprint density at radius 1 is 1.08 bits per heavy atom. The third-order valence-electron chi connectivity index (χ3n) is 5.17. The van der Waals surface area contributed by atoms with Crippen molar-refractivity contribution in [3.05, 3.63) is 65.5 Å². The van der Waals surface area contributed by atoms with Gasteiger partial charge in [-0.1, -0.05) is 24.3 Å². The lowest BCUT2D eigenvalue weighted by Crippen LogP contribution is -2.32. The van der Waals surface area contributed by atoms with Crippen molar-refractivity contribution >= 4 is 17.5 Å². The van der Waals surface area contributed by atoms with E-state index in [1.54, 1.807) is 42.3 Å². The predicted molar refractivity (Wildman–Crippen MR) is 97.6 cm³/mol. The van der Waals surface area contributed by atoms with Crippen LogP contribution in [0.2, 0.25) is 0 Å². The molecule has 0 saturated heterocycles. The summed E-state index contributed by atoms with van der Waals surface area (Å²) in [5.74, 6) is -0.0428.